The lowest BCUT2D eigenvalue weighted by atomic mass is 10.1. The van der Waals surface area contributed by atoms with Crippen LogP contribution in [0, 0.1) is 6.92 Å². The van der Waals surface area contributed by atoms with Crippen molar-refractivity contribution in [2.45, 2.75) is 20.1 Å². The van der Waals surface area contributed by atoms with Crippen molar-refractivity contribution in [1.29, 1.82) is 0 Å². The summed E-state index contributed by atoms with van der Waals surface area (Å²) < 4.78 is 35.8. The van der Waals surface area contributed by atoms with Crippen LogP contribution in [-0.4, -0.2) is 27.1 Å². The van der Waals surface area contributed by atoms with E-state index in [0.29, 0.717) is 27.5 Å². The summed E-state index contributed by atoms with van der Waals surface area (Å²) in [6.45, 7) is -1.34. The predicted octanol–water partition coefficient (Wildman–Crippen LogP) is 4.81. The fraction of sp³-hybridized carbons (Fsp3) is 0.130. The second-order valence-electron chi connectivity index (χ2n) is 7.33. The van der Waals surface area contributed by atoms with Crippen LogP contribution in [0.4, 0.5) is 13.9 Å². The van der Waals surface area contributed by atoms with Crippen molar-refractivity contribution < 1.29 is 22.7 Å². The van der Waals surface area contributed by atoms with E-state index in [9.17, 15) is 18.4 Å². The van der Waals surface area contributed by atoms with Gasteiger partial charge in [-0.1, -0.05) is 12.1 Å². The Hall–Kier alpha value is -4.12. The summed E-state index contributed by atoms with van der Waals surface area (Å²) in [5.74, 6) is -0.416. The summed E-state index contributed by atoms with van der Waals surface area (Å²) in [7, 11) is 0. The molecule has 0 saturated carbocycles. The number of alkyl halides is 2. The van der Waals surface area contributed by atoms with Crippen molar-refractivity contribution in [2.24, 2.45) is 0 Å². The fourth-order valence-corrected chi connectivity index (χ4v) is 4.41. The van der Waals surface area contributed by atoms with Gasteiger partial charge in [0.25, 0.3) is 5.56 Å². The van der Waals surface area contributed by atoms with E-state index >= 15 is 0 Å². The van der Waals surface area contributed by atoms with Crippen molar-refractivity contribution in [3.8, 4) is 17.0 Å². The first kappa shape index (κ1) is 21.7. The first-order chi connectivity index (χ1) is 16.4. The number of halogens is 2. The molecule has 3 heterocycles. The van der Waals surface area contributed by atoms with Crippen LogP contribution in [0.25, 0.3) is 33.3 Å². The predicted molar refractivity (Wildman–Crippen MR) is 123 cm³/mol. The molecule has 0 spiro atoms. The number of hydrogen-bond donors (Lipinski definition) is 1. The van der Waals surface area contributed by atoms with E-state index in [1.807, 2.05) is 19.1 Å². The van der Waals surface area contributed by atoms with Crippen LogP contribution in [-0.2, 0) is 11.3 Å². The average Bonchev–Trinajstić information content (AvgIpc) is 3.36. The molecule has 0 aliphatic heterocycles. The smallest absolute Gasteiger partial charge is 0.387 e. The van der Waals surface area contributed by atoms with Gasteiger partial charge in [0.05, 0.1) is 12.0 Å². The Balaban J connectivity index is 1.33. The van der Waals surface area contributed by atoms with Gasteiger partial charge in [-0.25, -0.2) is 9.97 Å². The molecule has 3 aromatic heterocycles. The van der Waals surface area contributed by atoms with E-state index in [-0.39, 0.29) is 17.9 Å². The van der Waals surface area contributed by atoms with E-state index in [4.69, 9.17) is 4.42 Å². The zero-order valence-corrected chi connectivity index (χ0v) is 18.4. The van der Waals surface area contributed by atoms with Crippen molar-refractivity contribution in [3.63, 3.8) is 0 Å². The van der Waals surface area contributed by atoms with Gasteiger partial charge in [-0.15, -0.1) is 11.3 Å². The van der Waals surface area contributed by atoms with E-state index in [0.717, 1.165) is 10.3 Å². The quantitative estimate of drug-likeness (QED) is 0.373. The zero-order chi connectivity index (χ0) is 23.8. The monoisotopic (exact) mass is 482 g/mol. The number of ether oxygens (including phenoxy) is 1. The van der Waals surface area contributed by atoms with E-state index in [1.165, 1.54) is 34.4 Å². The first-order valence-electron chi connectivity index (χ1n) is 10.1. The molecule has 11 heteroatoms. The number of anilines is 1. The number of hydrogen-bond acceptors (Lipinski definition) is 7. The minimum Gasteiger partial charge on any atom is -0.448 e. The maximum absolute atomic E-state index is 12.8. The van der Waals surface area contributed by atoms with Gasteiger partial charge in [0, 0.05) is 15.8 Å². The number of para-hydroxylation sites is 1. The Kier molecular flexibility index (Phi) is 5.54. The number of rotatable bonds is 6. The molecule has 0 unspecified atom stereocenters. The average molecular weight is 482 g/mol. The largest absolute Gasteiger partial charge is 0.448 e. The third-order valence-corrected chi connectivity index (χ3v) is 5.95. The zero-order valence-electron chi connectivity index (χ0n) is 17.6. The van der Waals surface area contributed by atoms with Crippen LogP contribution < -0.4 is 15.6 Å². The van der Waals surface area contributed by atoms with Crippen LogP contribution in [0.2, 0.25) is 0 Å². The highest BCUT2D eigenvalue weighted by Gasteiger charge is 2.16. The van der Waals surface area contributed by atoms with Crippen LogP contribution in [0.1, 0.15) is 4.88 Å². The number of furan rings is 1. The molecule has 0 fully saturated rings. The Morgan fingerprint density at radius 2 is 1.97 bits per heavy atom. The number of nitrogens with zero attached hydrogens (tertiary/aromatic N) is 3. The van der Waals surface area contributed by atoms with Crippen LogP contribution in [0.3, 0.4) is 0 Å². The molecule has 0 saturated heterocycles. The van der Waals surface area contributed by atoms with Crippen molar-refractivity contribution >= 4 is 44.4 Å². The lowest BCUT2D eigenvalue weighted by molar-refractivity contribution is -0.116. The second kappa shape index (κ2) is 8.67. The summed E-state index contributed by atoms with van der Waals surface area (Å²) >= 11 is 1.26. The minimum atomic E-state index is -2.90. The van der Waals surface area contributed by atoms with E-state index in [2.05, 4.69) is 20.0 Å². The molecule has 1 N–H and O–H groups in total. The Bertz CT molecular complexity index is 1570. The molecule has 0 atom stereocenters. The summed E-state index contributed by atoms with van der Waals surface area (Å²) in [5.41, 5.74) is 1.91. The third kappa shape index (κ3) is 4.13. The van der Waals surface area contributed by atoms with Crippen molar-refractivity contribution in [2.75, 3.05) is 5.32 Å². The topological polar surface area (TPSA) is 99.2 Å². The van der Waals surface area contributed by atoms with E-state index < -0.39 is 18.1 Å². The normalized spacial score (nSPS) is 11.4. The van der Waals surface area contributed by atoms with Crippen LogP contribution in [0.5, 0.6) is 5.75 Å². The summed E-state index contributed by atoms with van der Waals surface area (Å²) in [6.07, 6.45) is 1.31. The number of aromatic nitrogens is 3. The van der Waals surface area contributed by atoms with Gasteiger partial charge in [-0.2, -0.15) is 8.78 Å². The minimum absolute atomic E-state index is 0.0423. The summed E-state index contributed by atoms with van der Waals surface area (Å²) in [4.78, 5) is 34.9. The molecule has 0 radical (unpaired) electrons. The first-order valence-corrected chi connectivity index (χ1v) is 10.9. The van der Waals surface area contributed by atoms with Gasteiger partial charge in [0.2, 0.25) is 11.5 Å². The summed E-state index contributed by atoms with van der Waals surface area (Å²) in [5, 5.41) is 3.76. The lowest BCUT2D eigenvalue weighted by Crippen LogP contribution is -2.27. The molecule has 0 aliphatic rings. The molecule has 5 rings (SSSR count). The molecule has 2 aromatic carbocycles. The third-order valence-electron chi connectivity index (χ3n) is 5.06. The number of carbonyl (C=O) groups is 1. The van der Waals surface area contributed by atoms with Gasteiger partial charge >= 0.3 is 6.61 Å². The van der Waals surface area contributed by atoms with Crippen LogP contribution in [0.15, 0.2) is 64.1 Å². The molecule has 172 valence electrons. The highest BCUT2D eigenvalue weighted by atomic mass is 32.1. The molecule has 34 heavy (non-hydrogen) atoms. The molecular weight excluding hydrogens is 466 g/mol. The molecule has 1 amide bonds. The van der Waals surface area contributed by atoms with E-state index in [1.54, 1.807) is 24.3 Å². The lowest BCUT2D eigenvalue weighted by Gasteiger charge is -2.05. The molecule has 5 aromatic rings. The Labute approximate surface area is 194 Å². The van der Waals surface area contributed by atoms with Crippen molar-refractivity contribution in [1.82, 2.24) is 14.5 Å². The van der Waals surface area contributed by atoms with Gasteiger partial charge in [-0.3, -0.25) is 14.2 Å². The van der Waals surface area contributed by atoms with Gasteiger partial charge in [0.1, 0.15) is 23.4 Å². The standard InChI is InChI=1S/C23H16F2N4O4S/c1-12-18(13-6-8-14(9-7-13)32-22(24)25)28-23(34-12)27-17(30)10-29-11-26-19-15-4-2-3-5-16(15)33-20(19)21(29)31/h2-9,11,22H,10H2,1H3,(H,27,28,30). The van der Waals surface area contributed by atoms with Gasteiger partial charge < -0.3 is 14.5 Å². The molecule has 0 aliphatic carbocycles. The van der Waals surface area contributed by atoms with Gasteiger partial charge in [-0.05, 0) is 43.3 Å². The number of thiazole rings is 1. The Morgan fingerprint density at radius 3 is 2.74 bits per heavy atom. The van der Waals surface area contributed by atoms with Crippen LogP contribution >= 0.6 is 11.3 Å². The number of fused-ring (bicyclic) bond motifs is 3. The number of aryl methyl sites for hydroxylation is 1. The number of amides is 1. The Morgan fingerprint density at radius 1 is 1.21 bits per heavy atom. The molecule has 0 bridgehead atoms. The maximum atomic E-state index is 12.8. The maximum Gasteiger partial charge on any atom is 0.387 e. The highest BCUT2D eigenvalue weighted by molar-refractivity contribution is 7.16. The SMILES string of the molecule is Cc1sc(NC(=O)Cn2cnc3c(oc4ccccc43)c2=O)nc1-c1ccc(OC(F)F)cc1. The number of nitrogens with one attached hydrogen (secondary N) is 1. The second-order valence-corrected chi connectivity index (χ2v) is 8.53. The number of carbonyl (C=O) groups excluding carboxylic acids is 1. The fourth-order valence-electron chi connectivity index (χ4n) is 3.55. The van der Waals surface area contributed by atoms with Crippen molar-refractivity contribution in [3.05, 3.63) is 70.1 Å². The molecular formula is C23H16F2N4O4S. The molecule has 8 nitrogen and oxygen atoms in total. The van der Waals surface area contributed by atoms with Gasteiger partial charge in [0.15, 0.2) is 5.13 Å². The highest BCUT2D eigenvalue weighted by Crippen LogP contribution is 2.31. The number of benzene rings is 2. The summed E-state index contributed by atoms with van der Waals surface area (Å²) in [6, 6.07) is 13.2.